The van der Waals surface area contributed by atoms with Crippen molar-refractivity contribution in [3.05, 3.63) is 59.7 Å². The van der Waals surface area contributed by atoms with Crippen molar-refractivity contribution in [3.63, 3.8) is 0 Å². The van der Waals surface area contributed by atoms with Crippen molar-refractivity contribution in [1.82, 2.24) is 24.5 Å². The average Bonchev–Trinajstić information content (AvgIpc) is 3.16. The molecule has 30 heavy (non-hydrogen) atoms. The van der Waals surface area contributed by atoms with Gasteiger partial charge in [-0.05, 0) is 59.8 Å². The number of rotatable bonds is 7. The van der Waals surface area contributed by atoms with Crippen molar-refractivity contribution in [3.8, 4) is 5.69 Å². The summed E-state index contributed by atoms with van der Waals surface area (Å²) in [6.45, 7) is 5.88. The van der Waals surface area contributed by atoms with E-state index in [-0.39, 0.29) is 16.1 Å². The molecule has 158 valence electrons. The summed E-state index contributed by atoms with van der Waals surface area (Å²) in [6.07, 6.45) is 0. The van der Waals surface area contributed by atoms with E-state index in [9.17, 15) is 17.6 Å². The lowest BCUT2D eigenvalue weighted by Gasteiger charge is -2.18. The predicted molar refractivity (Wildman–Crippen MR) is 108 cm³/mol. The van der Waals surface area contributed by atoms with Crippen LogP contribution < -0.4 is 5.32 Å². The molecule has 0 atom stereocenters. The van der Waals surface area contributed by atoms with Crippen molar-refractivity contribution >= 4 is 21.6 Å². The van der Waals surface area contributed by atoms with E-state index in [2.05, 4.69) is 20.8 Å². The number of hydrogen-bond acceptors (Lipinski definition) is 6. The van der Waals surface area contributed by atoms with Gasteiger partial charge in [-0.3, -0.25) is 4.79 Å². The summed E-state index contributed by atoms with van der Waals surface area (Å²) < 4.78 is 42.0. The second kappa shape index (κ2) is 8.67. The van der Waals surface area contributed by atoms with E-state index in [0.717, 1.165) is 0 Å². The fraction of sp³-hybridized carbons (Fsp3) is 0.263. The molecule has 0 saturated carbocycles. The minimum atomic E-state index is -3.62. The average molecular weight is 432 g/mol. The first kappa shape index (κ1) is 21.5. The monoisotopic (exact) mass is 432 g/mol. The third-order valence-electron chi connectivity index (χ3n) is 4.53. The van der Waals surface area contributed by atoms with Crippen LogP contribution in [0.5, 0.6) is 0 Å². The summed E-state index contributed by atoms with van der Waals surface area (Å²) in [4.78, 5) is 12.6. The van der Waals surface area contributed by atoms with Crippen LogP contribution in [-0.2, 0) is 10.0 Å². The third-order valence-corrected chi connectivity index (χ3v) is 6.59. The number of halogens is 1. The molecule has 1 N–H and O–H groups in total. The second-order valence-electron chi connectivity index (χ2n) is 6.37. The summed E-state index contributed by atoms with van der Waals surface area (Å²) in [6, 6.07) is 9.60. The highest BCUT2D eigenvalue weighted by Crippen LogP contribution is 2.21. The van der Waals surface area contributed by atoms with Crippen LogP contribution in [0.15, 0.2) is 47.4 Å². The Morgan fingerprint density at radius 2 is 1.80 bits per heavy atom. The minimum absolute atomic E-state index is 0.0489. The Kier molecular flexibility index (Phi) is 6.22. The largest absolute Gasteiger partial charge is 0.319 e. The van der Waals surface area contributed by atoms with Gasteiger partial charge in [-0.25, -0.2) is 12.8 Å². The van der Waals surface area contributed by atoms with Crippen LogP contribution in [0.2, 0.25) is 0 Å². The second-order valence-corrected chi connectivity index (χ2v) is 8.31. The Hall–Kier alpha value is -3.18. The van der Waals surface area contributed by atoms with Crippen LogP contribution in [0.1, 0.15) is 30.0 Å². The Morgan fingerprint density at radius 3 is 2.37 bits per heavy atom. The number of sulfonamides is 1. The first-order valence-electron chi connectivity index (χ1n) is 9.24. The van der Waals surface area contributed by atoms with Crippen LogP contribution >= 0.6 is 0 Å². The molecule has 0 aliphatic carbocycles. The van der Waals surface area contributed by atoms with Crippen LogP contribution in [0.4, 0.5) is 10.1 Å². The molecule has 0 fully saturated rings. The number of aromatic nitrogens is 4. The van der Waals surface area contributed by atoms with Crippen molar-refractivity contribution in [2.24, 2.45) is 0 Å². The zero-order valence-electron chi connectivity index (χ0n) is 16.7. The van der Waals surface area contributed by atoms with E-state index < -0.39 is 21.7 Å². The van der Waals surface area contributed by atoms with Crippen LogP contribution in [0, 0.1) is 12.7 Å². The molecule has 1 amide bonds. The third kappa shape index (κ3) is 4.21. The number of carbonyl (C=O) groups is 1. The topological polar surface area (TPSA) is 110 Å². The van der Waals surface area contributed by atoms with Crippen molar-refractivity contribution < 1.29 is 17.6 Å². The number of carbonyl (C=O) groups excluding carboxylic acids is 1. The van der Waals surface area contributed by atoms with Gasteiger partial charge < -0.3 is 5.32 Å². The number of hydrogen-bond donors (Lipinski definition) is 1. The number of tetrazole rings is 1. The number of aryl methyl sites for hydroxylation is 1. The highest BCUT2D eigenvalue weighted by molar-refractivity contribution is 7.89. The summed E-state index contributed by atoms with van der Waals surface area (Å²) >= 11 is 0. The standard InChI is InChI=1S/C19H21FN6O3S/c1-4-25(5-2)30(28,29)16-9-6-14(7-10-16)19(27)21-18-12-15(8-11-17(18)20)26-13(3)22-23-24-26/h6-12H,4-5H2,1-3H3,(H,21,27). The van der Waals surface area contributed by atoms with E-state index in [4.69, 9.17) is 0 Å². The summed E-state index contributed by atoms with van der Waals surface area (Å²) in [5.74, 6) is -0.700. The van der Waals surface area contributed by atoms with Crippen molar-refractivity contribution in [2.75, 3.05) is 18.4 Å². The summed E-state index contributed by atoms with van der Waals surface area (Å²) in [5, 5.41) is 13.6. The zero-order valence-corrected chi connectivity index (χ0v) is 17.5. The molecule has 0 saturated heterocycles. The minimum Gasteiger partial charge on any atom is -0.319 e. The molecule has 11 heteroatoms. The number of nitrogens with zero attached hydrogens (tertiary/aromatic N) is 5. The Bertz CT molecular complexity index is 1160. The van der Waals surface area contributed by atoms with E-state index in [1.165, 1.54) is 51.5 Å². The van der Waals surface area contributed by atoms with Gasteiger partial charge >= 0.3 is 0 Å². The van der Waals surface area contributed by atoms with Crippen LogP contribution in [0.3, 0.4) is 0 Å². The molecule has 0 aliphatic rings. The summed E-state index contributed by atoms with van der Waals surface area (Å²) in [7, 11) is -3.62. The number of amides is 1. The van der Waals surface area contributed by atoms with Gasteiger partial charge in [-0.2, -0.15) is 8.99 Å². The number of benzene rings is 2. The maximum atomic E-state index is 14.2. The Morgan fingerprint density at radius 1 is 1.13 bits per heavy atom. The highest BCUT2D eigenvalue weighted by atomic mass is 32.2. The van der Waals surface area contributed by atoms with E-state index in [1.54, 1.807) is 20.8 Å². The van der Waals surface area contributed by atoms with E-state index >= 15 is 0 Å². The quantitative estimate of drug-likeness (QED) is 0.614. The lowest BCUT2D eigenvalue weighted by Crippen LogP contribution is -2.30. The molecule has 1 aromatic heterocycles. The first-order chi connectivity index (χ1) is 14.3. The highest BCUT2D eigenvalue weighted by Gasteiger charge is 2.22. The molecule has 0 aliphatic heterocycles. The number of nitrogens with one attached hydrogen (secondary N) is 1. The zero-order chi connectivity index (χ0) is 21.9. The van der Waals surface area contributed by atoms with E-state index in [0.29, 0.717) is 24.6 Å². The maximum Gasteiger partial charge on any atom is 0.255 e. The Labute approximate surface area is 173 Å². The van der Waals surface area contributed by atoms with Gasteiger partial charge in [0.1, 0.15) is 5.82 Å². The van der Waals surface area contributed by atoms with E-state index in [1.807, 2.05) is 0 Å². The van der Waals surface area contributed by atoms with Gasteiger partial charge in [0.15, 0.2) is 5.82 Å². The molecule has 3 aromatic rings. The van der Waals surface area contributed by atoms with Crippen molar-refractivity contribution in [1.29, 1.82) is 0 Å². The molecule has 1 heterocycles. The molecule has 3 rings (SSSR count). The molecule has 0 spiro atoms. The van der Waals surface area contributed by atoms with Gasteiger partial charge in [0.05, 0.1) is 16.3 Å². The summed E-state index contributed by atoms with van der Waals surface area (Å²) in [5.41, 5.74) is 0.624. The molecule has 0 unspecified atom stereocenters. The fourth-order valence-corrected chi connectivity index (χ4v) is 4.35. The van der Waals surface area contributed by atoms with Gasteiger partial charge in [0.25, 0.3) is 5.91 Å². The molecule has 9 nitrogen and oxygen atoms in total. The van der Waals surface area contributed by atoms with Crippen LogP contribution in [-0.4, -0.2) is 51.9 Å². The van der Waals surface area contributed by atoms with Gasteiger partial charge in [-0.15, -0.1) is 5.10 Å². The molecular formula is C19H21FN6O3S. The predicted octanol–water partition coefficient (Wildman–Crippen LogP) is 2.39. The Balaban J connectivity index is 1.82. The van der Waals surface area contributed by atoms with Gasteiger partial charge in [-0.1, -0.05) is 13.8 Å². The molecule has 2 aromatic carbocycles. The van der Waals surface area contributed by atoms with Crippen molar-refractivity contribution in [2.45, 2.75) is 25.7 Å². The lowest BCUT2D eigenvalue weighted by atomic mass is 10.2. The molecule has 0 bridgehead atoms. The molecular weight excluding hydrogens is 411 g/mol. The number of anilines is 1. The molecule has 0 radical (unpaired) electrons. The smallest absolute Gasteiger partial charge is 0.255 e. The lowest BCUT2D eigenvalue weighted by molar-refractivity contribution is 0.102. The van der Waals surface area contributed by atoms with Gasteiger partial charge in [0, 0.05) is 18.7 Å². The SMILES string of the molecule is CCN(CC)S(=O)(=O)c1ccc(C(=O)Nc2cc(-n3nnnc3C)ccc2F)cc1. The maximum absolute atomic E-state index is 14.2. The van der Waals surface area contributed by atoms with Gasteiger partial charge in [0.2, 0.25) is 10.0 Å². The normalized spacial score (nSPS) is 11.6. The van der Waals surface area contributed by atoms with Crippen LogP contribution in [0.25, 0.3) is 5.69 Å². The fourth-order valence-electron chi connectivity index (χ4n) is 2.90. The first-order valence-corrected chi connectivity index (χ1v) is 10.7.